The lowest BCUT2D eigenvalue weighted by atomic mass is 10.1. The van der Waals surface area contributed by atoms with E-state index in [0.717, 1.165) is 11.1 Å². The van der Waals surface area contributed by atoms with Crippen LogP contribution in [0.5, 0.6) is 0 Å². The zero-order valence-corrected chi connectivity index (χ0v) is 11.6. The molecule has 0 radical (unpaired) electrons. The fourth-order valence-electron chi connectivity index (χ4n) is 1.84. The monoisotopic (exact) mass is 279 g/mol. The number of benzene rings is 2. The molecule has 0 fully saturated rings. The SMILES string of the molecule is C#C[C@H](O)/C(Cc1ccccc1)=N\OCc1ccccc1. The first-order valence-electron chi connectivity index (χ1n) is 6.70. The quantitative estimate of drug-likeness (QED) is 0.502. The molecule has 0 amide bonds. The highest BCUT2D eigenvalue weighted by molar-refractivity contribution is 5.92. The van der Waals surface area contributed by atoms with Gasteiger partial charge in [0, 0.05) is 6.42 Å². The van der Waals surface area contributed by atoms with Crippen molar-refractivity contribution in [1.82, 2.24) is 0 Å². The van der Waals surface area contributed by atoms with Gasteiger partial charge in [-0.05, 0) is 11.1 Å². The number of aliphatic hydroxyl groups excluding tert-OH is 1. The van der Waals surface area contributed by atoms with Crippen molar-refractivity contribution in [1.29, 1.82) is 0 Å². The Bertz CT molecular complexity index is 615. The summed E-state index contributed by atoms with van der Waals surface area (Å²) in [5.41, 5.74) is 2.46. The Kier molecular flexibility index (Phi) is 5.57. The third-order valence-electron chi connectivity index (χ3n) is 2.96. The molecule has 0 saturated heterocycles. The van der Waals surface area contributed by atoms with Gasteiger partial charge in [-0.3, -0.25) is 0 Å². The predicted molar refractivity (Wildman–Crippen MR) is 83.7 cm³/mol. The molecule has 3 nitrogen and oxygen atoms in total. The highest BCUT2D eigenvalue weighted by atomic mass is 16.6. The summed E-state index contributed by atoms with van der Waals surface area (Å²) in [5.74, 6) is 2.28. The zero-order valence-electron chi connectivity index (χ0n) is 11.6. The van der Waals surface area contributed by atoms with Crippen LogP contribution in [0.4, 0.5) is 0 Å². The van der Waals surface area contributed by atoms with Crippen LogP contribution in [0.1, 0.15) is 11.1 Å². The highest BCUT2D eigenvalue weighted by Gasteiger charge is 2.11. The minimum atomic E-state index is -1.04. The Morgan fingerprint density at radius 1 is 1.05 bits per heavy atom. The van der Waals surface area contributed by atoms with E-state index in [2.05, 4.69) is 11.1 Å². The molecule has 3 heteroatoms. The van der Waals surface area contributed by atoms with Gasteiger partial charge in [-0.1, -0.05) is 71.7 Å². The van der Waals surface area contributed by atoms with Gasteiger partial charge < -0.3 is 9.94 Å². The standard InChI is InChI=1S/C18H17NO2/c1-2-18(20)17(13-15-9-5-3-6-10-15)19-21-14-16-11-7-4-8-12-16/h1,3-12,18,20H,13-14H2/b19-17-/t18-/m0/s1. The first-order valence-corrected chi connectivity index (χ1v) is 6.70. The van der Waals surface area contributed by atoms with Crippen molar-refractivity contribution in [3.63, 3.8) is 0 Å². The lowest BCUT2D eigenvalue weighted by Gasteiger charge is -2.09. The molecule has 0 bridgehead atoms. The lowest BCUT2D eigenvalue weighted by molar-refractivity contribution is 0.126. The number of hydrogen-bond donors (Lipinski definition) is 1. The third kappa shape index (κ3) is 4.79. The average molecular weight is 279 g/mol. The number of aliphatic hydroxyl groups is 1. The van der Waals surface area contributed by atoms with Crippen LogP contribution in [0.15, 0.2) is 65.8 Å². The molecule has 0 spiro atoms. The van der Waals surface area contributed by atoms with Crippen molar-refractivity contribution >= 4 is 5.71 Å². The Morgan fingerprint density at radius 2 is 1.62 bits per heavy atom. The van der Waals surface area contributed by atoms with Crippen LogP contribution >= 0.6 is 0 Å². The van der Waals surface area contributed by atoms with Gasteiger partial charge in [-0.25, -0.2) is 0 Å². The van der Waals surface area contributed by atoms with E-state index in [1.54, 1.807) is 0 Å². The average Bonchev–Trinajstić information content (AvgIpc) is 2.55. The Hall–Kier alpha value is -2.57. The Labute approximate surface area is 124 Å². The second-order valence-electron chi connectivity index (χ2n) is 4.57. The fraction of sp³-hybridized carbons (Fsp3) is 0.167. The van der Waals surface area contributed by atoms with E-state index in [-0.39, 0.29) is 0 Å². The molecule has 2 aromatic rings. The van der Waals surface area contributed by atoms with Gasteiger partial charge in [0.1, 0.15) is 12.3 Å². The first kappa shape index (κ1) is 14.8. The molecule has 106 valence electrons. The molecule has 2 rings (SSSR count). The van der Waals surface area contributed by atoms with Crippen LogP contribution in [0.2, 0.25) is 0 Å². The molecule has 0 aromatic heterocycles. The van der Waals surface area contributed by atoms with E-state index in [0.29, 0.717) is 18.7 Å². The van der Waals surface area contributed by atoms with E-state index < -0.39 is 6.10 Å². The van der Waals surface area contributed by atoms with Crippen LogP contribution in [0.3, 0.4) is 0 Å². The van der Waals surface area contributed by atoms with Crippen LogP contribution < -0.4 is 0 Å². The maximum absolute atomic E-state index is 9.83. The lowest BCUT2D eigenvalue weighted by Crippen LogP contribution is -2.21. The van der Waals surface area contributed by atoms with Crippen molar-refractivity contribution in [2.24, 2.45) is 5.16 Å². The van der Waals surface area contributed by atoms with Crippen LogP contribution in [-0.2, 0) is 17.9 Å². The normalized spacial score (nSPS) is 12.5. The maximum atomic E-state index is 9.83. The molecule has 0 unspecified atom stereocenters. The van der Waals surface area contributed by atoms with E-state index in [1.807, 2.05) is 60.7 Å². The van der Waals surface area contributed by atoms with Crippen LogP contribution in [-0.4, -0.2) is 16.9 Å². The molecule has 0 aliphatic heterocycles. The number of rotatable bonds is 6. The molecule has 0 heterocycles. The van der Waals surface area contributed by atoms with E-state index >= 15 is 0 Å². The van der Waals surface area contributed by atoms with Crippen molar-refractivity contribution in [3.05, 3.63) is 71.8 Å². The minimum Gasteiger partial charge on any atom is -0.391 e. The summed E-state index contributed by atoms with van der Waals surface area (Å²) < 4.78 is 0. The Balaban J connectivity index is 2.02. The summed E-state index contributed by atoms with van der Waals surface area (Å²) in [6.07, 6.45) is 4.69. The van der Waals surface area contributed by atoms with Gasteiger partial charge in [-0.15, -0.1) is 6.42 Å². The van der Waals surface area contributed by atoms with E-state index in [9.17, 15) is 5.11 Å². The molecule has 1 atom stereocenters. The van der Waals surface area contributed by atoms with Gasteiger partial charge in [-0.2, -0.15) is 0 Å². The first-order chi connectivity index (χ1) is 10.3. The molecule has 0 aliphatic rings. The van der Waals surface area contributed by atoms with Crippen LogP contribution in [0.25, 0.3) is 0 Å². The minimum absolute atomic E-state index is 0.344. The van der Waals surface area contributed by atoms with Gasteiger partial charge >= 0.3 is 0 Å². The third-order valence-corrected chi connectivity index (χ3v) is 2.96. The molecule has 2 aromatic carbocycles. The van der Waals surface area contributed by atoms with Gasteiger partial charge in [0.15, 0.2) is 6.10 Å². The molecule has 1 N–H and O–H groups in total. The predicted octanol–water partition coefficient (Wildman–Crippen LogP) is 2.80. The van der Waals surface area contributed by atoms with Crippen molar-refractivity contribution in [2.45, 2.75) is 19.1 Å². The fourth-order valence-corrected chi connectivity index (χ4v) is 1.84. The van der Waals surface area contributed by atoms with Crippen LogP contribution in [0, 0.1) is 12.3 Å². The molecular formula is C18H17NO2. The molecule has 0 saturated carbocycles. The largest absolute Gasteiger partial charge is 0.391 e. The molecule has 21 heavy (non-hydrogen) atoms. The highest BCUT2D eigenvalue weighted by Crippen LogP contribution is 2.06. The second kappa shape index (κ2) is 7.88. The Morgan fingerprint density at radius 3 is 2.19 bits per heavy atom. The smallest absolute Gasteiger partial charge is 0.156 e. The molecular weight excluding hydrogens is 262 g/mol. The summed E-state index contributed by atoms with van der Waals surface area (Å²) in [6, 6.07) is 19.4. The summed E-state index contributed by atoms with van der Waals surface area (Å²) >= 11 is 0. The number of terminal acetylenes is 1. The summed E-state index contributed by atoms with van der Waals surface area (Å²) in [6.45, 7) is 0.344. The van der Waals surface area contributed by atoms with Crippen molar-refractivity contribution < 1.29 is 9.94 Å². The zero-order chi connectivity index (χ0) is 14.9. The second-order valence-corrected chi connectivity index (χ2v) is 4.57. The van der Waals surface area contributed by atoms with Crippen molar-refractivity contribution in [3.8, 4) is 12.3 Å². The van der Waals surface area contributed by atoms with Gasteiger partial charge in [0.2, 0.25) is 0 Å². The summed E-state index contributed by atoms with van der Waals surface area (Å²) in [7, 11) is 0. The number of hydrogen-bond acceptors (Lipinski definition) is 3. The molecule has 0 aliphatic carbocycles. The summed E-state index contributed by atoms with van der Waals surface area (Å²) in [4.78, 5) is 5.31. The maximum Gasteiger partial charge on any atom is 0.156 e. The summed E-state index contributed by atoms with van der Waals surface area (Å²) in [5, 5.41) is 13.8. The van der Waals surface area contributed by atoms with Gasteiger partial charge in [0.25, 0.3) is 0 Å². The van der Waals surface area contributed by atoms with Crippen molar-refractivity contribution in [2.75, 3.05) is 0 Å². The van der Waals surface area contributed by atoms with E-state index in [1.165, 1.54) is 0 Å². The van der Waals surface area contributed by atoms with E-state index in [4.69, 9.17) is 11.3 Å². The topological polar surface area (TPSA) is 41.8 Å². The van der Waals surface area contributed by atoms with Gasteiger partial charge in [0.05, 0.1) is 0 Å². The number of oxime groups is 1. The number of nitrogens with zero attached hydrogens (tertiary/aromatic N) is 1.